The number of fused-ring (bicyclic) bond motifs is 2. The van der Waals surface area contributed by atoms with Crippen LogP contribution in [-0.2, 0) is 10.0 Å². The van der Waals surface area contributed by atoms with E-state index >= 15 is 8.78 Å². The summed E-state index contributed by atoms with van der Waals surface area (Å²) in [5.74, 6) is -6.27. The molecule has 0 aliphatic carbocycles. The fourth-order valence-corrected chi connectivity index (χ4v) is 6.52. The molecule has 2 heterocycles. The largest absolute Gasteiger partial charge is 0.274 e. The number of carbonyl (C=O) groups is 4. The van der Waals surface area contributed by atoms with Crippen LogP contribution in [-0.4, -0.2) is 78.3 Å². The van der Waals surface area contributed by atoms with Crippen LogP contribution in [0.1, 0.15) is 59.8 Å². The van der Waals surface area contributed by atoms with Crippen LogP contribution < -0.4 is 0 Å². The molecule has 0 N–H and O–H groups in total. The molecule has 0 spiro atoms. The Kier molecular flexibility index (Phi) is 7.78. The number of hydrogen-bond acceptors (Lipinski definition) is 6. The van der Waals surface area contributed by atoms with Gasteiger partial charge in [0.05, 0.1) is 33.7 Å². The summed E-state index contributed by atoms with van der Waals surface area (Å²) in [6.07, 6.45) is -0.973. The Hall–Kier alpha value is -4.29. The number of imide groups is 2. The van der Waals surface area contributed by atoms with Gasteiger partial charge in [-0.15, -0.1) is 0 Å². The van der Waals surface area contributed by atoms with Gasteiger partial charge < -0.3 is 0 Å². The Morgan fingerprint density at radius 3 is 1.62 bits per heavy atom. The third-order valence-corrected chi connectivity index (χ3v) is 9.23. The number of aryl methyl sites for hydroxylation is 1. The molecule has 3 aromatic rings. The van der Waals surface area contributed by atoms with E-state index in [1.54, 1.807) is 31.2 Å². The van der Waals surface area contributed by atoms with Crippen LogP contribution in [0.25, 0.3) is 0 Å². The molecule has 0 atom stereocenters. The average molecular weight is 596 g/mol. The predicted molar refractivity (Wildman–Crippen MR) is 148 cm³/mol. The topological polar surface area (TPSA) is 112 Å². The van der Waals surface area contributed by atoms with Gasteiger partial charge in [0, 0.05) is 26.1 Å². The zero-order chi connectivity index (χ0) is 30.2. The van der Waals surface area contributed by atoms with E-state index in [4.69, 9.17) is 0 Å². The van der Waals surface area contributed by atoms with Crippen molar-refractivity contribution < 1.29 is 36.4 Å². The van der Waals surface area contributed by atoms with Crippen molar-refractivity contribution in [3.05, 3.63) is 101 Å². The van der Waals surface area contributed by atoms with Gasteiger partial charge in [-0.25, -0.2) is 17.2 Å². The molecular weight excluding hydrogens is 568 g/mol. The molecule has 42 heavy (non-hydrogen) atoms. The lowest BCUT2D eigenvalue weighted by atomic mass is 10.1. The average Bonchev–Trinajstić information content (AvgIpc) is 3.35. The van der Waals surface area contributed by atoms with Crippen molar-refractivity contribution in [1.82, 2.24) is 14.1 Å². The van der Waals surface area contributed by atoms with Gasteiger partial charge in [-0.2, -0.15) is 4.31 Å². The van der Waals surface area contributed by atoms with Gasteiger partial charge in [0.1, 0.15) is 0 Å². The van der Waals surface area contributed by atoms with Crippen LogP contribution in [0, 0.1) is 6.92 Å². The number of nitrogens with zero attached hydrogens (tertiary/aromatic N) is 3. The van der Waals surface area contributed by atoms with Crippen molar-refractivity contribution in [3.63, 3.8) is 0 Å². The summed E-state index contributed by atoms with van der Waals surface area (Å²) in [4.78, 5) is 52.0. The van der Waals surface area contributed by atoms with Gasteiger partial charge in [-0.1, -0.05) is 42.0 Å². The normalized spacial score (nSPS) is 15.1. The van der Waals surface area contributed by atoms with Crippen LogP contribution >= 0.6 is 0 Å². The molecule has 0 fully saturated rings. The number of amides is 4. The fourth-order valence-electron chi connectivity index (χ4n) is 5.04. The van der Waals surface area contributed by atoms with E-state index in [9.17, 15) is 27.6 Å². The molecule has 2 aliphatic heterocycles. The maximum absolute atomic E-state index is 15.2. The minimum absolute atomic E-state index is 0.000533. The number of halogens is 2. The van der Waals surface area contributed by atoms with Crippen LogP contribution in [0.3, 0.4) is 0 Å². The molecule has 4 amide bonds. The Morgan fingerprint density at radius 2 is 1.14 bits per heavy atom. The minimum Gasteiger partial charge on any atom is -0.274 e. The van der Waals surface area contributed by atoms with Gasteiger partial charge in [-0.3, -0.25) is 29.0 Å². The Bertz CT molecular complexity index is 1620. The van der Waals surface area contributed by atoms with Crippen molar-refractivity contribution in [2.24, 2.45) is 0 Å². The summed E-state index contributed by atoms with van der Waals surface area (Å²) in [6.45, 7) is -0.429. The van der Waals surface area contributed by atoms with E-state index in [2.05, 4.69) is 0 Å². The Labute approximate surface area is 241 Å². The van der Waals surface area contributed by atoms with E-state index in [1.165, 1.54) is 48.5 Å². The lowest BCUT2D eigenvalue weighted by Gasteiger charge is -2.27. The molecule has 3 aromatic carbocycles. The second kappa shape index (κ2) is 11.2. The van der Waals surface area contributed by atoms with E-state index in [0.29, 0.717) is 4.90 Å². The summed E-state index contributed by atoms with van der Waals surface area (Å²) >= 11 is 0. The first-order chi connectivity index (χ1) is 19.9. The van der Waals surface area contributed by atoms with E-state index in [1.807, 2.05) is 0 Å². The fraction of sp³-hybridized carbons (Fsp3) is 0.267. The highest BCUT2D eigenvalue weighted by atomic mass is 32.2. The summed E-state index contributed by atoms with van der Waals surface area (Å²) in [5, 5.41) is 0. The molecule has 0 radical (unpaired) electrons. The maximum Gasteiger partial charge on any atom is 0.267 e. The van der Waals surface area contributed by atoms with E-state index < -0.39 is 59.1 Å². The molecular formula is C30H27F2N3O6S. The number of carbonyl (C=O) groups excluding carboxylic acids is 4. The number of alkyl halides is 2. The van der Waals surface area contributed by atoms with Gasteiger partial charge in [-0.05, 0) is 49.7 Å². The summed E-state index contributed by atoms with van der Waals surface area (Å²) in [7, 11) is -4.25. The third-order valence-electron chi connectivity index (χ3n) is 7.32. The van der Waals surface area contributed by atoms with Gasteiger partial charge in [0.15, 0.2) is 0 Å². The van der Waals surface area contributed by atoms with Gasteiger partial charge in [0.25, 0.3) is 29.6 Å². The first-order valence-electron chi connectivity index (χ1n) is 13.3. The second-order valence-electron chi connectivity index (χ2n) is 10.2. The summed E-state index contributed by atoms with van der Waals surface area (Å²) < 4.78 is 58.3. The highest BCUT2D eigenvalue weighted by molar-refractivity contribution is 7.89. The van der Waals surface area contributed by atoms with Crippen LogP contribution in [0.4, 0.5) is 8.78 Å². The Balaban J connectivity index is 1.30. The number of rotatable bonds is 11. The minimum atomic E-state index is -4.25. The second-order valence-corrected chi connectivity index (χ2v) is 12.2. The zero-order valence-corrected chi connectivity index (χ0v) is 23.4. The van der Waals surface area contributed by atoms with Gasteiger partial charge >= 0.3 is 0 Å². The van der Waals surface area contributed by atoms with Crippen molar-refractivity contribution in [2.75, 3.05) is 26.2 Å². The SMILES string of the molecule is Cc1ccc(S(=O)(=O)N(CCCN2C(=O)c3ccccc3C2=O)CCC(F)(F)CN2C(=O)c3ccccc3C2=O)cc1. The highest BCUT2D eigenvalue weighted by Gasteiger charge is 2.43. The van der Waals surface area contributed by atoms with Crippen molar-refractivity contribution >= 4 is 33.7 Å². The number of benzene rings is 3. The molecule has 0 saturated heterocycles. The van der Waals surface area contributed by atoms with Crippen molar-refractivity contribution in [3.8, 4) is 0 Å². The molecule has 218 valence electrons. The summed E-state index contributed by atoms with van der Waals surface area (Å²) in [6, 6.07) is 18.1. The van der Waals surface area contributed by atoms with Crippen LogP contribution in [0.2, 0.25) is 0 Å². The van der Waals surface area contributed by atoms with Gasteiger partial charge in [0.2, 0.25) is 10.0 Å². The molecule has 2 aliphatic rings. The third kappa shape index (κ3) is 5.47. The molecule has 5 rings (SSSR count). The monoisotopic (exact) mass is 595 g/mol. The quantitative estimate of drug-likeness (QED) is 0.310. The van der Waals surface area contributed by atoms with E-state index in [-0.39, 0.29) is 46.7 Å². The summed E-state index contributed by atoms with van der Waals surface area (Å²) in [5.41, 5.74) is 1.38. The maximum atomic E-state index is 15.2. The molecule has 0 saturated carbocycles. The van der Waals surface area contributed by atoms with Crippen molar-refractivity contribution in [2.45, 2.75) is 30.6 Å². The molecule has 12 heteroatoms. The molecule has 0 bridgehead atoms. The molecule has 0 unspecified atom stereocenters. The first kappa shape index (κ1) is 29.2. The Morgan fingerprint density at radius 1 is 0.690 bits per heavy atom. The lowest BCUT2D eigenvalue weighted by molar-refractivity contribution is -0.0318. The molecule has 0 aromatic heterocycles. The van der Waals surface area contributed by atoms with E-state index in [0.717, 1.165) is 14.8 Å². The predicted octanol–water partition coefficient (Wildman–Crippen LogP) is 3.99. The van der Waals surface area contributed by atoms with Crippen LogP contribution in [0.15, 0.2) is 77.7 Å². The number of sulfonamides is 1. The molecule has 9 nitrogen and oxygen atoms in total. The highest BCUT2D eigenvalue weighted by Crippen LogP contribution is 2.29. The smallest absolute Gasteiger partial charge is 0.267 e. The van der Waals surface area contributed by atoms with Crippen LogP contribution in [0.5, 0.6) is 0 Å². The lowest BCUT2D eigenvalue weighted by Crippen LogP contribution is -2.43. The van der Waals surface area contributed by atoms with Crippen molar-refractivity contribution in [1.29, 1.82) is 0 Å². The first-order valence-corrected chi connectivity index (χ1v) is 14.7. The standard InChI is InChI=1S/C30H27F2N3O6S/c1-20-11-13-21(14-12-20)42(40,41)33(16-6-17-34-26(36)22-7-2-3-8-23(22)27(34)37)18-15-30(31,32)19-35-28(38)24-9-4-5-10-25(24)29(35)39/h2-5,7-14H,6,15-19H2,1H3. The number of hydrogen-bond donors (Lipinski definition) is 0. The zero-order valence-electron chi connectivity index (χ0n) is 22.6.